The van der Waals surface area contributed by atoms with Crippen LogP contribution in [0.4, 0.5) is 0 Å². The van der Waals surface area contributed by atoms with Gasteiger partial charge < -0.3 is 14.5 Å². The molecule has 0 bridgehead atoms. The Labute approximate surface area is 155 Å². The number of thiophene rings is 1. The van der Waals surface area contributed by atoms with Crippen LogP contribution in [0.5, 0.6) is 5.75 Å². The molecule has 4 rings (SSSR count). The summed E-state index contributed by atoms with van der Waals surface area (Å²) in [6, 6.07) is 15.7. The number of hydrogen-bond acceptors (Lipinski definition) is 4. The fraction of sp³-hybridized carbons (Fsp3) is 0.190. The Bertz CT molecular complexity index is 1080. The summed E-state index contributed by atoms with van der Waals surface area (Å²) in [5.74, 6) is 0.709. The monoisotopic (exact) mass is 365 g/mol. The van der Waals surface area contributed by atoms with Crippen LogP contribution in [0.3, 0.4) is 0 Å². The molecule has 26 heavy (non-hydrogen) atoms. The normalized spacial score (nSPS) is 12.4. The molecular formula is C21H19NO3S. The first-order valence-electron chi connectivity index (χ1n) is 8.48. The molecule has 0 fully saturated rings. The molecule has 0 aliphatic rings. The summed E-state index contributed by atoms with van der Waals surface area (Å²) >= 11 is 1.73. The standard InChI is InChI=1S/C21H19NO3S/c1-13(10-15-12-26-19-9-4-3-7-16(15)19)22-21(23)18-11-14-6-5-8-17(24-2)20(14)25-18/h3-9,11-13H,10H2,1-2H3,(H,22,23). The molecule has 132 valence electrons. The van der Waals surface area contributed by atoms with E-state index in [1.807, 2.05) is 37.3 Å². The third-order valence-electron chi connectivity index (χ3n) is 4.42. The van der Waals surface area contributed by atoms with Crippen molar-refractivity contribution in [2.75, 3.05) is 7.11 Å². The summed E-state index contributed by atoms with van der Waals surface area (Å²) < 4.78 is 12.3. The molecule has 0 aliphatic carbocycles. The highest BCUT2D eigenvalue weighted by molar-refractivity contribution is 7.17. The van der Waals surface area contributed by atoms with Crippen LogP contribution in [-0.2, 0) is 6.42 Å². The topological polar surface area (TPSA) is 51.5 Å². The third-order valence-corrected chi connectivity index (χ3v) is 5.43. The Hall–Kier alpha value is -2.79. The van der Waals surface area contributed by atoms with Crippen LogP contribution in [-0.4, -0.2) is 19.1 Å². The van der Waals surface area contributed by atoms with E-state index in [1.54, 1.807) is 24.5 Å². The second-order valence-corrected chi connectivity index (χ2v) is 7.24. The number of amides is 1. The summed E-state index contributed by atoms with van der Waals surface area (Å²) in [5, 5.41) is 7.30. The molecule has 2 aromatic carbocycles. The number of fused-ring (bicyclic) bond motifs is 2. The molecule has 2 heterocycles. The van der Waals surface area contributed by atoms with E-state index >= 15 is 0 Å². The van der Waals surface area contributed by atoms with Crippen LogP contribution < -0.4 is 10.1 Å². The van der Waals surface area contributed by atoms with Crippen molar-refractivity contribution in [2.45, 2.75) is 19.4 Å². The Morgan fingerprint density at radius 3 is 2.92 bits per heavy atom. The van der Waals surface area contributed by atoms with Crippen LogP contribution >= 0.6 is 11.3 Å². The quantitative estimate of drug-likeness (QED) is 0.540. The first-order valence-corrected chi connectivity index (χ1v) is 9.36. The Morgan fingerprint density at radius 2 is 2.08 bits per heavy atom. The fourth-order valence-electron chi connectivity index (χ4n) is 3.18. The molecule has 0 saturated carbocycles. The lowest BCUT2D eigenvalue weighted by Gasteiger charge is -2.12. The van der Waals surface area contributed by atoms with E-state index in [4.69, 9.17) is 9.15 Å². The van der Waals surface area contributed by atoms with Crippen molar-refractivity contribution in [3.63, 3.8) is 0 Å². The Kier molecular flexibility index (Phi) is 4.39. The van der Waals surface area contributed by atoms with Crippen molar-refractivity contribution in [3.8, 4) is 5.75 Å². The van der Waals surface area contributed by atoms with E-state index < -0.39 is 0 Å². The first-order chi connectivity index (χ1) is 12.7. The minimum absolute atomic E-state index is 0.00406. The number of carbonyl (C=O) groups excluding carboxylic acids is 1. The highest BCUT2D eigenvalue weighted by Gasteiger charge is 2.17. The third kappa shape index (κ3) is 3.06. The van der Waals surface area contributed by atoms with Crippen molar-refractivity contribution in [2.24, 2.45) is 0 Å². The van der Waals surface area contributed by atoms with Gasteiger partial charge in [0, 0.05) is 16.1 Å². The Morgan fingerprint density at radius 1 is 1.23 bits per heavy atom. The zero-order valence-corrected chi connectivity index (χ0v) is 15.4. The van der Waals surface area contributed by atoms with Crippen LogP contribution in [0.2, 0.25) is 0 Å². The van der Waals surface area contributed by atoms with Crippen LogP contribution in [0.25, 0.3) is 21.1 Å². The molecule has 1 amide bonds. The average molecular weight is 365 g/mol. The van der Waals surface area contributed by atoms with Crippen LogP contribution in [0, 0.1) is 0 Å². The zero-order chi connectivity index (χ0) is 18.1. The minimum Gasteiger partial charge on any atom is -0.493 e. The van der Waals surface area contributed by atoms with Gasteiger partial charge in [0.2, 0.25) is 0 Å². The van der Waals surface area contributed by atoms with Gasteiger partial charge in [-0.25, -0.2) is 0 Å². The van der Waals surface area contributed by atoms with Crippen molar-refractivity contribution in [1.29, 1.82) is 0 Å². The zero-order valence-electron chi connectivity index (χ0n) is 14.6. The molecule has 4 nitrogen and oxygen atoms in total. The van der Waals surface area contributed by atoms with E-state index in [-0.39, 0.29) is 11.9 Å². The summed E-state index contributed by atoms with van der Waals surface area (Å²) in [6.07, 6.45) is 0.777. The summed E-state index contributed by atoms with van der Waals surface area (Å²) in [7, 11) is 1.59. The largest absolute Gasteiger partial charge is 0.493 e. The van der Waals surface area contributed by atoms with E-state index in [0.717, 1.165) is 11.8 Å². The molecule has 1 atom stereocenters. The number of para-hydroxylation sites is 1. The number of rotatable bonds is 5. The van der Waals surface area contributed by atoms with Gasteiger partial charge in [-0.1, -0.05) is 30.3 Å². The van der Waals surface area contributed by atoms with E-state index in [0.29, 0.717) is 17.1 Å². The van der Waals surface area contributed by atoms with Gasteiger partial charge in [-0.3, -0.25) is 4.79 Å². The number of hydrogen-bond donors (Lipinski definition) is 1. The van der Waals surface area contributed by atoms with Gasteiger partial charge in [0.1, 0.15) is 0 Å². The molecule has 2 aromatic heterocycles. The van der Waals surface area contributed by atoms with Crippen LogP contribution in [0.15, 0.2) is 58.3 Å². The molecule has 0 saturated heterocycles. The highest BCUT2D eigenvalue weighted by atomic mass is 32.1. The summed E-state index contributed by atoms with van der Waals surface area (Å²) in [4.78, 5) is 12.6. The van der Waals surface area contributed by atoms with E-state index in [9.17, 15) is 4.79 Å². The maximum atomic E-state index is 12.6. The van der Waals surface area contributed by atoms with Crippen molar-refractivity contribution >= 4 is 38.3 Å². The van der Waals surface area contributed by atoms with Gasteiger partial charge in [0.15, 0.2) is 17.1 Å². The molecule has 0 aliphatic heterocycles. The van der Waals surface area contributed by atoms with Crippen molar-refractivity contribution in [3.05, 3.63) is 65.2 Å². The summed E-state index contributed by atoms with van der Waals surface area (Å²) in [5.41, 5.74) is 1.85. The van der Waals surface area contributed by atoms with Gasteiger partial charge >= 0.3 is 0 Å². The fourth-order valence-corrected chi connectivity index (χ4v) is 4.15. The number of benzene rings is 2. The molecule has 4 aromatic rings. The van der Waals surface area contributed by atoms with Gasteiger partial charge in [-0.2, -0.15) is 0 Å². The highest BCUT2D eigenvalue weighted by Crippen LogP contribution is 2.29. The van der Waals surface area contributed by atoms with Gasteiger partial charge in [-0.15, -0.1) is 11.3 Å². The lowest BCUT2D eigenvalue weighted by atomic mass is 10.1. The molecule has 0 spiro atoms. The second-order valence-electron chi connectivity index (χ2n) is 6.33. The lowest BCUT2D eigenvalue weighted by Crippen LogP contribution is -2.33. The molecule has 1 N–H and O–H groups in total. The molecule has 1 unspecified atom stereocenters. The number of carbonyl (C=O) groups is 1. The number of methoxy groups -OCH3 is 1. The number of furan rings is 1. The summed E-state index contributed by atoms with van der Waals surface area (Å²) in [6.45, 7) is 2.01. The SMILES string of the molecule is COc1cccc2cc(C(=O)NC(C)Cc3csc4ccccc34)oc12. The second kappa shape index (κ2) is 6.84. The maximum Gasteiger partial charge on any atom is 0.287 e. The van der Waals surface area contributed by atoms with Gasteiger partial charge in [-0.05, 0) is 47.9 Å². The predicted octanol–water partition coefficient (Wildman–Crippen LogP) is 5.02. The minimum atomic E-state index is -0.213. The average Bonchev–Trinajstić information content (AvgIpc) is 3.26. The first kappa shape index (κ1) is 16.7. The molecule has 0 radical (unpaired) electrons. The predicted molar refractivity (Wildman–Crippen MR) is 105 cm³/mol. The lowest BCUT2D eigenvalue weighted by molar-refractivity contribution is 0.0914. The smallest absolute Gasteiger partial charge is 0.287 e. The molecular weight excluding hydrogens is 346 g/mol. The van der Waals surface area contributed by atoms with Gasteiger partial charge in [0.25, 0.3) is 5.91 Å². The van der Waals surface area contributed by atoms with E-state index in [1.165, 1.54) is 15.6 Å². The number of nitrogens with one attached hydrogen (secondary N) is 1. The van der Waals surface area contributed by atoms with Crippen molar-refractivity contribution in [1.82, 2.24) is 5.32 Å². The van der Waals surface area contributed by atoms with E-state index in [2.05, 4.69) is 22.8 Å². The Balaban J connectivity index is 1.51. The molecule has 5 heteroatoms. The van der Waals surface area contributed by atoms with Crippen LogP contribution in [0.1, 0.15) is 23.0 Å². The van der Waals surface area contributed by atoms with Gasteiger partial charge in [0.05, 0.1) is 7.11 Å². The van der Waals surface area contributed by atoms with Crippen molar-refractivity contribution < 1.29 is 13.9 Å². The number of ether oxygens (including phenoxy) is 1. The maximum absolute atomic E-state index is 12.6.